The minimum Gasteiger partial charge on any atom is -0.494 e. The molecule has 2 aliphatic rings. The highest BCUT2D eigenvalue weighted by Crippen LogP contribution is 2.32. The Bertz CT molecular complexity index is 681. The summed E-state index contributed by atoms with van der Waals surface area (Å²) >= 11 is 6.18. The van der Waals surface area contributed by atoms with Crippen LogP contribution in [0.5, 0.6) is 5.75 Å². The fourth-order valence-corrected chi connectivity index (χ4v) is 3.24. The fraction of sp³-hybridized carbons (Fsp3) is 0.444. The molecule has 1 fully saturated rings. The molecule has 2 amide bonds. The topological polar surface area (TPSA) is 59.1 Å². The predicted octanol–water partition coefficient (Wildman–Crippen LogP) is 1.74. The third kappa shape index (κ3) is 3.86. The summed E-state index contributed by atoms with van der Waals surface area (Å²) in [5, 5.41) is -0.0175. The van der Waals surface area contributed by atoms with Gasteiger partial charge < -0.3 is 9.47 Å². The van der Waals surface area contributed by atoms with Crippen molar-refractivity contribution < 1.29 is 19.1 Å². The Kier molecular flexibility index (Phi) is 5.73. The SMILES string of the molecule is CCOc1ccc(C2=C(Cl)C(=O)N(CCN3CCOCC3)C2=O)cc1. The molecule has 0 atom stereocenters. The van der Waals surface area contributed by atoms with Gasteiger partial charge in [0, 0.05) is 26.2 Å². The molecule has 0 bridgehead atoms. The number of carbonyl (C=O) groups is 2. The zero-order valence-corrected chi connectivity index (χ0v) is 14.9. The van der Waals surface area contributed by atoms with Gasteiger partial charge in [-0.2, -0.15) is 0 Å². The number of morpholine rings is 1. The lowest BCUT2D eigenvalue weighted by molar-refractivity contribution is -0.136. The second kappa shape index (κ2) is 7.99. The van der Waals surface area contributed by atoms with Crippen LogP contribution in [0, 0.1) is 0 Å². The van der Waals surface area contributed by atoms with E-state index in [0.717, 1.165) is 13.1 Å². The zero-order valence-electron chi connectivity index (χ0n) is 14.2. The highest BCUT2D eigenvalue weighted by Gasteiger charge is 2.38. The lowest BCUT2D eigenvalue weighted by Crippen LogP contribution is -2.43. The van der Waals surface area contributed by atoms with Gasteiger partial charge in [0.05, 0.1) is 25.4 Å². The molecule has 2 aliphatic heterocycles. The molecule has 1 saturated heterocycles. The highest BCUT2D eigenvalue weighted by atomic mass is 35.5. The molecule has 6 nitrogen and oxygen atoms in total. The summed E-state index contributed by atoms with van der Waals surface area (Å²) in [4.78, 5) is 28.5. The monoisotopic (exact) mass is 364 g/mol. The van der Waals surface area contributed by atoms with Crippen molar-refractivity contribution in [2.24, 2.45) is 0 Å². The number of rotatable bonds is 6. The molecule has 0 radical (unpaired) electrons. The average Bonchev–Trinajstić information content (AvgIpc) is 2.84. The quantitative estimate of drug-likeness (QED) is 0.719. The maximum absolute atomic E-state index is 12.7. The van der Waals surface area contributed by atoms with E-state index in [1.807, 2.05) is 6.92 Å². The average molecular weight is 365 g/mol. The van der Waals surface area contributed by atoms with Crippen molar-refractivity contribution in [2.75, 3.05) is 46.0 Å². The summed E-state index contributed by atoms with van der Waals surface area (Å²) in [6.07, 6.45) is 0. The highest BCUT2D eigenvalue weighted by molar-refractivity contribution is 6.55. The Balaban J connectivity index is 1.70. The summed E-state index contributed by atoms with van der Waals surface area (Å²) in [6, 6.07) is 7.03. The Morgan fingerprint density at radius 1 is 1.08 bits per heavy atom. The summed E-state index contributed by atoms with van der Waals surface area (Å²) < 4.78 is 10.7. The maximum Gasteiger partial charge on any atom is 0.273 e. The number of nitrogens with zero attached hydrogens (tertiary/aromatic N) is 2. The Morgan fingerprint density at radius 2 is 1.76 bits per heavy atom. The van der Waals surface area contributed by atoms with Gasteiger partial charge in [0.2, 0.25) is 0 Å². The number of carbonyl (C=O) groups excluding carboxylic acids is 2. The number of hydrogen-bond donors (Lipinski definition) is 0. The van der Waals surface area contributed by atoms with Gasteiger partial charge in [-0.25, -0.2) is 0 Å². The van der Waals surface area contributed by atoms with Crippen molar-refractivity contribution in [3.05, 3.63) is 34.9 Å². The third-order valence-electron chi connectivity index (χ3n) is 4.31. The van der Waals surface area contributed by atoms with Gasteiger partial charge >= 0.3 is 0 Å². The van der Waals surface area contributed by atoms with E-state index in [1.165, 1.54) is 4.90 Å². The minimum absolute atomic E-state index is 0.0175. The van der Waals surface area contributed by atoms with Gasteiger partial charge in [-0.3, -0.25) is 19.4 Å². The molecule has 0 N–H and O–H groups in total. The van der Waals surface area contributed by atoms with E-state index >= 15 is 0 Å². The van der Waals surface area contributed by atoms with Crippen LogP contribution in [0.15, 0.2) is 29.3 Å². The van der Waals surface area contributed by atoms with Crippen molar-refractivity contribution in [3.63, 3.8) is 0 Å². The molecule has 3 rings (SSSR count). The smallest absolute Gasteiger partial charge is 0.273 e. The molecule has 2 heterocycles. The van der Waals surface area contributed by atoms with Crippen LogP contribution in [0.25, 0.3) is 5.57 Å². The Hall–Kier alpha value is -1.89. The molecule has 0 aromatic heterocycles. The summed E-state index contributed by atoms with van der Waals surface area (Å²) in [7, 11) is 0. The number of halogens is 1. The number of imide groups is 1. The van der Waals surface area contributed by atoms with Gasteiger partial charge in [0.25, 0.3) is 11.8 Å². The van der Waals surface area contributed by atoms with Crippen molar-refractivity contribution in [2.45, 2.75) is 6.92 Å². The first-order valence-corrected chi connectivity index (χ1v) is 8.79. The standard InChI is InChI=1S/C18H21ClN2O4/c1-2-25-14-5-3-13(4-6-14)15-16(19)18(23)21(17(15)22)8-7-20-9-11-24-12-10-20/h3-6H,2,7-12H2,1H3. The first kappa shape index (κ1) is 17.9. The van der Waals surface area contributed by atoms with Gasteiger partial charge in [-0.1, -0.05) is 23.7 Å². The molecule has 0 aliphatic carbocycles. The van der Waals surface area contributed by atoms with Crippen LogP contribution in [-0.4, -0.2) is 67.6 Å². The zero-order chi connectivity index (χ0) is 17.8. The number of amides is 2. The molecule has 134 valence electrons. The Labute approximate surface area is 151 Å². The van der Waals surface area contributed by atoms with Crippen LogP contribution in [0.3, 0.4) is 0 Å². The minimum atomic E-state index is -0.427. The lowest BCUT2D eigenvalue weighted by atomic mass is 10.1. The Morgan fingerprint density at radius 3 is 2.40 bits per heavy atom. The third-order valence-corrected chi connectivity index (χ3v) is 4.66. The molecule has 25 heavy (non-hydrogen) atoms. The number of ether oxygens (including phenoxy) is 2. The van der Waals surface area contributed by atoms with E-state index in [1.54, 1.807) is 24.3 Å². The van der Waals surface area contributed by atoms with Crippen LogP contribution in [0.2, 0.25) is 0 Å². The molecule has 1 aromatic rings. The lowest BCUT2D eigenvalue weighted by Gasteiger charge is -2.28. The molecule has 0 unspecified atom stereocenters. The van der Waals surface area contributed by atoms with Gasteiger partial charge in [0.1, 0.15) is 10.8 Å². The maximum atomic E-state index is 12.7. The molecule has 0 saturated carbocycles. The molecular weight excluding hydrogens is 344 g/mol. The first-order valence-electron chi connectivity index (χ1n) is 8.41. The van der Waals surface area contributed by atoms with Crippen molar-refractivity contribution in [1.82, 2.24) is 9.80 Å². The molecule has 7 heteroatoms. The normalized spacial score (nSPS) is 19.0. The van der Waals surface area contributed by atoms with Crippen LogP contribution >= 0.6 is 11.6 Å². The summed E-state index contributed by atoms with van der Waals surface area (Å²) in [6.45, 7) is 6.40. The van der Waals surface area contributed by atoms with Gasteiger partial charge in [0.15, 0.2) is 0 Å². The number of benzene rings is 1. The van der Waals surface area contributed by atoms with E-state index in [0.29, 0.717) is 44.2 Å². The molecule has 0 spiro atoms. The number of hydrogen-bond acceptors (Lipinski definition) is 5. The predicted molar refractivity (Wildman–Crippen MR) is 94.4 cm³/mol. The van der Waals surface area contributed by atoms with Crippen molar-refractivity contribution >= 4 is 29.0 Å². The summed E-state index contributed by atoms with van der Waals surface area (Å²) in [5.41, 5.74) is 0.886. The van der Waals surface area contributed by atoms with Gasteiger partial charge in [-0.15, -0.1) is 0 Å². The van der Waals surface area contributed by atoms with Crippen LogP contribution in [0.4, 0.5) is 0 Å². The fourth-order valence-electron chi connectivity index (χ4n) is 2.95. The van der Waals surface area contributed by atoms with E-state index in [-0.39, 0.29) is 16.5 Å². The van der Waals surface area contributed by atoms with Crippen molar-refractivity contribution in [1.29, 1.82) is 0 Å². The second-order valence-electron chi connectivity index (χ2n) is 5.86. The van der Waals surface area contributed by atoms with E-state index < -0.39 is 5.91 Å². The van der Waals surface area contributed by atoms with Crippen LogP contribution < -0.4 is 4.74 Å². The summed E-state index contributed by atoms with van der Waals surface area (Å²) in [5.74, 6) is -0.0554. The molecular formula is C18H21ClN2O4. The van der Waals surface area contributed by atoms with E-state index in [9.17, 15) is 9.59 Å². The second-order valence-corrected chi connectivity index (χ2v) is 6.24. The van der Waals surface area contributed by atoms with Crippen LogP contribution in [0.1, 0.15) is 12.5 Å². The van der Waals surface area contributed by atoms with Gasteiger partial charge in [-0.05, 0) is 24.6 Å². The van der Waals surface area contributed by atoms with E-state index in [2.05, 4.69) is 4.90 Å². The van der Waals surface area contributed by atoms with Crippen LogP contribution in [-0.2, 0) is 14.3 Å². The van der Waals surface area contributed by atoms with Crippen molar-refractivity contribution in [3.8, 4) is 5.75 Å². The first-order chi connectivity index (χ1) is 12.1. The van der Waals surface area contributed by atoms with E-state index in [4.69, 9.17) is 21.1 Å². The molecule has 1 aromatic carbocycles. The largest absolute Gasteiger partial charge is 0.494 e.